The number of rotatable bonds is 4. The molecule has 136 valence electrons. The summed E-state index contributed by atoms with van der Waals surface area (Å²) < 4.78 is 80.6. The van der Waals surface area contributed by atoms with E-state index in [-0.39, 0.29) is 0 Å². The van der Waals surface area contributed by atoms with Crippen LogP contribution in [0.3, 0.4) is 0 Å². The molecule has 0 saturated carbocycles. The zero-order valence-electron chi connectivity index (χ0n) is 13.0. The standard InChI is InChI=1S/C13H19F5O5/c1-5-7(2)9(19)21-6-10(4)11(14,15)12(20,13(16,17)18)23-8(3)22-10/h7-8,20H,5-6H2,1-4H3. The lowest BCUT2D eigenvalue weighted by Crippen LogP contribution is -2.75. The zero-order chi connectivity index (χ0) is 18.3. The number of alkyl halides is 5. The Morgan fingerprint density at radius 1 is 1.35 bits per heavy atom. The Hall–Kier alpha value is -1.00. The summed E-state index contributed by atoms with van der Waals surface area (Å²) in [6.07, 6.45) is -7.22. The Morgan fingerprint density at radius 2 is 1.87 bits per heavy atom. The van der Waals surface area contributed by atoms with E-state index in [1.807, 2.05) is 0 Å². The van der Waals surface area contributed by atoms with Gasteiger partial charge in [0.15, 0.2) is 11.9 Å². The van der Waals surface area contributed by atoms with E-state index in [4.69, 9.17) is 4.74 Å². The summed E-state index contributed by atoms with van der Waals surface area (Å²) in [5.41, 5.74) is -2.92. The van der Waals surface area contributed by atoms with Crippen LogP contribution in [-0.2, 0) is 19.0 Å². The predicted molar refractivity (Wildman–Crippen MR) is 66.4 cm³/mol. The maximum atomic E-state index is 14.3. The maximum Gasteiger partial charge on any atom is 0.449 e. The van der Waals surface area contributed by atoms with Gasteiger partial charge in [-0.25, -0.2) is 0 Å². The second kappa shape index (κ2) is 6.14. The lowest BCUT2D eigenvalue weighted by atomic mass is 9.89. The minimum atomic E-state index is -5.78. The van der Waals surface area contributed by atoms with Crippen LogP contribution in [0.4, 0.5) is 22.0 Å². The van der Waals surface area contributed by atoms with E-state index < -0.39 is 48.3 Å². The molecule has 4 atom stereocenters. The third-order valence-electron chi connectivity index (χ3n) is 3.74. The first-order valence-corrected chi connectivity index (χ1v) is 6.91. The van der Waals surface area contributed by atoms with Gasteiger partial charge in [0, 0.05) is 0 Å². The van der Waals surface area contributed by atoms with Gasteiger partial charge >= 0.3 is 23.9 Å². The molecule has 0 radical (unpaired) electrons. The van der Waals surface area contributed by atoms with E-state index >= 15 is 0 Å². The minimum Gasteiger partial charge on any atom is -0.462 e. The Balaban J connectivity index is 3.10. The largest absolute Gasteiger partial charge is 0.462 e. The van der Waals surface area contributed by atoms with Crippen molar-refractivity contribution in [2.45, 2.75) is 63.9 Å². The van der Waals surface area contributed by atoms with Gasteiger partial charge in [0.05, 0.1) is 5.92 Å². The van der Waals surface area contributed by atoms with Crippen molar-refractivity contribution >= 4 is 5.97 Å². The third-order valence-corrected chi connectivity index (χ3v) is 3.74. The topological polar surface area (TPSA) is 65.0 Å². The molecule has 0 aliphatic carbocycles. The molecule has 1 fully saturated rings. The third kappa shape index (κ3) is 3.29. The fraction of sp³-hybridized carbons (Fsp3) is 0.923. The monoisotopic (exact) mass is 350 g/mol. The molecule has 5 nitrogen and oxygen atoms in total. The summed E-state index contributed by atoms with van der Waals surface area (Å²) in [5, 5.41) is 9.44. The van der Waals surface area contributed by atoms with Gasteiger partial charge in [-0.15, -0.1) is 0 Å². The van der Waals surface area contributed by atoms with Crippen molar-refractivity contribution in [2.75, 3.05) is 6.61 Å². The van der Waals surface area contributed by atoms with Gasteiger partial charge in [-0.1, -0.05) is 13.8 Å². The molecule has 1 saturated heterocycles. The lowest BCUT2D eigenvalue weighted by Gasteiger charge is -2.51. The van der Waals surface area contributed by atoms with Crippen LogP contribution in [0.15, 0.2) is 0 Å². The van der Waals surface area contributed by atoms with Crippen LogP contribution in [-0.4, -0.2) is 47.5 Å². The summed E-state index contributed by atoms with van der Waals surface area (Å²) >= 11 is 0. The van der Waals surface area contributed by atoms with Crippen LogP contribution in [0.25, 0.3) is 0 Å². The van der Waals surface area contributed by atoms with Gasteiger partial charge in [0.2, 0.25) is 0 Å². The maximum absolute atomic E-state index is 14.3. The molecular formula is C13H19F5O5. The van der Waals surface area contributed by atoms with E-state index in [1.165, 1.54) is 6.92 Å². The van der Waals surface area contributed by atoms with Gasteiger partial charge in [0.25, 0.3) is 0 Å². The number of hydrogen-bond donors (Lipinski definition) is 1. The molecule has 4 unspecified atom stereocenters. The minimum absolute atomic E-state index is 0.360. The van der Waals surface area contributed by atoms with Crippen molar-refractivity contribution in [3.63, 3.8) is 0 Å². The summed E-state index contributed by atoms with van der Waals surface area (Å²) in [6, 6.07) is 0. The van der Waals surface area contributed by atoms with Crippen LogP contribution < -0.4 is 0 Å². The molecule has 0 aromatic heterocycles. The molecular weight excluding hydrogens is 331 g/mol. The van der Waals surface area contributed by atoms with Crippen molar-refractivity contribution in [2.24, 2.45) is 5.92 Å². The summed E-state index contributed by atoms with van der Waals surface area (Å²) in [7, 11) is 0. The van der Waals surface area contributed by atoms with Crippen molar-refractivity contribution in [1.82, 2.24) is 0 Å². The molecule has 0 spiro atoms. The Labute approximate surface area is 129 Å². The highest BCUT2D eigenvalue weighted by Gasteiger charge is 2.80. The molecule has 0 aromatic carbocycles. The summed E-state index contributed by atoms with van der Waals surface area (Å²) in [6.45, 7) is 3.49. The first-order chi connectivity index (χ1) is 10.2. The average Bonchev–Trinajstić information content (AvgIpc) is 2.40. The quantitative estimate of drug-likeness (QED) is 0.624. The first kappa shape index (κ1) is 20.0. The molecule has 23 heavy (non-hydrogen) atoms. The van der Waals surface area contributed by atoms with Gasteiger partial charge in [-0.05, 0) is 20.3 Å². The highest BCUT2D eigenvalue weighted by atomic mass is 19.4. The van der Waals surface area contributed by atoms with Gasteiger partial charge in [-0.2, -0.15) is 22.0 Å². The number of aliphatic hydroxyl groups is 1. The summed E-state index contributed by atoms with van der Waals surface area (Å²) in [4.78, 5) is 11.6. The van der Waals surface area contributed by atoms with Crippen molar-refractivity contribution in [1.29, 1.82) is 0 Å². The van der Waals surface area contributed by atoms with Crippen LogP contribution in [0.2, 0.25) is 0 Å². The normalized spacial score (nSPS) is 35.7. The number of halogens is 5. The highest BCUT2D eigenvalue weighted by Crippen LogP contribution is 2.53. The summed E-state index contributed by atoms with van der Waals surface area (Å²) in [5.74, 6) is -11.1. The fourth-order valence-corrected chi connectivity index (χ4v) is 2.02. The molecule has 1 N–H and O–H groups in total. The molecule has 0 aromatic rings. The Morgan fingerprint density at radius 3 is 2.30 bits per heavy atom. The number of hydrogen-bond acceptors (Lipinski definition) is 5. The van der Waals surface area contributed by atoms with Crippen LogP contribution in [0, 0.1) is 5.92 Å². The van der Waals surface area contributed by atoms with Gasteiger partial charge in [0.1, 0.15) is 6.61 Å². The molecule has 10 heteroatoms. The van der Waals surface area contributed by atoms with Crippen LogP contribution in [0.1, 0.15) is 34.1 Å². The second-order valence-corrected chi connectivity index (χ2v) is 5.67. The number of carbonyl (C=O) groups excluding carboxylic acids is 1. The number of esters is 1. The number of carbonyl (C=O) groups is 1. The molecule has 1 heterocycles. The van der Waals surface area contributed by atoms with Crippen molar-refractivity contribution < 1.29 is 46.1 Å². The van der Waals surface area contributed by atoms with E-state index in [1.54, 1.807) is 6.92 Å². The van der Waals surface area contributed by atoms with E-state index in [9.17, 15) is 31.9 Å². The van der Waals surface area contributed by atoms with Gasteiger partial charge in [-0.3, -0.25) is 4.79 Å². The second-order valence-electron chi connectivity index (χ2n) is 5.67. The van der Waals surface area contributed by atoms with E-state index in [0.29, 0.717) is 13.3 Å². The van der Waals surface area contributed by atoms with E-state index in [0.717, 1.165) is 6.92 Å². The highest BCUT2D eigenvalue weighted by molar-refractivity contribution is 5.71. The smallest absolute Gasteiger partial charge is 0.449 e. The molecule has 1 rings (SSSR count). The Kier molecular flexibility index (Phi) is 5.35. The van der Waals surface area contributed by atoms with Crippen LogP contribution >= 0.6 is 0 Å². The zero-order valence-corrected chi connectivity index (χ0v) is 13.0. The average molecular weight is 350 g/mol. The molecule has 1 aliphatic rings. The SMILES string of the molecule is CCC(C)C(=O)OCC1(C)OC(C)OC(O)(C(F)(F)F)C1(F)F. The van der Waals surface area contributed by atoms with Crippen LogP contribution in [0.5, 0.6) is 0 Å². The van der Waals surface area contributed by atoms with Crippen molar-refractivity contribution in [3.05, 3.63) is 0 Å². The fourth-order valence-electron chi connectivity index (χ4n) is 2.02. The first-order valence-electron chi connectivity index (χ1n) is 6.91. The van der Waals surface area contributed by atoms with Crippen molar-refractivity contribution in [3.8, 4) is 0 Å². The molecule has 1 aliphatic heterocycles. The molecule has 0 bridgehead atoms. The lowest BCUT2D eigenvalue weighted by molar-refractivity contribution is -0.519. The number of ether oxygens (including phenoxy) is 3. The Bertz CT molecular complexity index is 455. The van der Waals surface area contributed by atoms with Gasteiger partial charge < -0.3 is 19.3 Å². The van der Waals surface area contributed by atoms with E-state index in [2.05, 4.69) is 9.47 Å². The predicted octanol–water partition coefficient (Wildman–Crippen LogP) is 2.61. The molecule has 0 amide bonds.